The van der Waals surface area contributed by atoms with Crippen LogP contribution in [0.2, 0.25) is 5.02 Å². The predicted molar refractivity (Wildman–Crippen MR) is 79.7 cm³/mol. The number of nitrogens with one attached hydrogen (secondary N) is 1. The van der Waals surface area contributed by atoms with Crippen molar-refractivity contribution in [3.8, 4) is 0 Å². The van der Waals surface area contributed by atoms with E-state index in [0.717, 1.165) is 32.0 Å². The molecular weight excluding hydrogens is 260 g/mol. The van der Waals surface area contributed by atoms with Crippen LogP contribution in [0, 0.1) is 11.8 Å². The molecule has 0 aliphatic carbocycles. The van der Waals surface area contributed by atoms with Gasteiger partial charge in [0.2, 0.25) is 0 Å². The van der Waals surface area contributed by atoms with Crippen molar-refractivity contribution in [1.82, 2.24) is 15.3 Å². The van der Waals surface area contributed by atoms with Gasteiger partial charge in [0.15, 0.2) is 5.82 Å². The first-order valence-electron chi connectivity index (χ1n) is 7.08. The maximum absolute atomic E-state index is 6.17. The van der Waals surface area contributed by atoms with E-state index in [4.69, 9.17) is 11.6 Å². The first kappa shape index (κ1) is 14.5. The second kappa shape index (κ2) is 7.06. The zero-order valence-electron chi connectivity index (χ0n) is 11.8. The van der Waals surface area contributed by atoms with Crippen LogP contribution >= 0.6 is 11.6 Å². The summed E-state index contributed by atoms with van der Waals surface area (Å²) in [6.45, 7) is 8.71. The predicted octanol–water partition coefficient (Wildman–Crippen LogP) is 2.59. The highest BCUT2D eigenvalue weighted by Crippen LogP contribution is 2.26. The molecule has 0 saturated carbocycles. The summed E-state index contributed by atoms with van der Waals surface area (Å²) in [5, 5.41) is 4.20. The number of halogens is 1. The molecule has 1 aliphatic rings. The van der Waals surface area contributed by atoms with Gasteiger partial charge in [-0.1, -0.05) is 25.4 Å². The Labute approximate surface area is 120 Å². The van der Waals surface area contributed by atoms with E-state index in [-0.39, 0.29) is 0 Å². The molecule has 0 aromatic carbocycles. The Hall–Kier alpha value is -0.870. The SMILES string of the molecule is CC(C)CNCC1CCCN(c2ncncc2Cl)C1. The zero-order chi connectivity index (χ0) is 13.7. The van der Waals surface area contributed by atoms with Gasteiger partial charge in [-0.25, -0.2) is 9.97 Å². The highest BCUT2D eigenvalue weighted by molar-refractivity contribution is 6.32. The van der Waals surface area contributed by atoms with Crippen molar-refractivity contribution < 1.29 is 0 Å². The molecule has 19 heavy (non-hydrogen) atoms. The van der Waals surface area contributed by atoms with E-state index in [1.807, 2.05) is 0 Å². The minimum absolute atomic E-state index is 0.651. The van der Waals surface area contributed by atoms with Gasteiger partial charge in [0.25, 0.3) is 0 Å². The van der Waals surface area contributed by atoms with Crippen LogP contribution < -0.4 is 10.2 Å². The van der Waals surface area contributed by atoms with Gasteiger partial charge < -0.3 is 10.2 Å². The van der Waals surface area contributed by atoms with E-state index in [9.17, 15) is 0 Å². The number of hydrogen-bond donors (Lipinski definition) is 1. The highest BCUT2D eigenvalue weighted by Gasteiger charge is 2.22. The van der Waals surface area contributed by atoms with Gasteiger partial charge in [-0.05, 0) is 37.8 Å². The fourth-order valence-corrected chi connectivity index (χ4v) is 2.76. The lowest BCUT2D eigenvalue weighted by molar-refractivity contribution is 0.381. The number of anilines is 1. The van der Waals surface area contributed by atoms with Crippen molar-refractivity contribution in [2.24, 2.45) is 11.8 Å². The summed E-state index contributed by atoms with van der Waals surface area (Å²) in [5.41, 5.74) is 0. The second-order valence-corrected chi connectivity index (χ2v) is 6.11. The molecule has 2 rings (SSSR count). The zero-order valence-corrected chi connectivity index (χ0v) is 12.5. The van der Waals surface area contributed by atoms with Crippen LogP contribution in [0.3, 0.4) is 0 Å². The summed E-state index contributed by atoms with van der Waals surface area (Å²) in [5.74, 6) is 2.26. The summed E-state index contributed by atoms with van der Waals surface area (Å²) in [7, 11) is 0. The second-order valence-electron chi connectivity index (χ2n) is 5.70. The lowest BCUT2D eigenvalue weighted by Crippen LogP contribution is -2.40. The molecule has 5 heteroatoms. The van der Waals surface area contributed by atoms with Gasteiger partial charge in [0.05, 0.1) is 6.20 Å². The molecule has 106 valence electrons. The largest absolute Gasteiger partial charge is 0.355 e. The third-order valence-electron chi connectivity index (χ3n) is 3.45. The Bertz CT molecular complexity index is 397. The molecule has 0 bridgehead atoms. The van der Waals surface area contributed by atoms with Crippen LogP contribution in [0.25, 0.3) is 0 Å². The quantitative estimate of drug-likeness (QED) is 0.901. The van der Waals surface area contributed by atoms with Crippen molar-refractivity contribution >= 4 is 17.4 Å². The van der Waals surface area contributed by atoms with Crippen LogP contribution in [-0.2, 0) is 0 Å². The van der Waals surface area contributed by atoms with Crippen LogP contribution in [-0.4, -0.2) is 36.1 Å². The summed E-state index contributed by atoms with van der Waals surface area (Å²) < 4.78 is 0. The molecule has 0 radical (unpaired) electrons. The Morgan fingerprint density at radius 1 is 1.53 bits per heavy atom. The van der Waals surface area contributed by atoms with E-state index in [0.29, 0.717) is 16.9 Å². The molecule has 1 atom stereocenters. The average molecular weight is 283 g/mol. The van der Waals surface area contributed by atoms with Gasteiger partial charge in [0.1, 0.15) is 11.3 Å². The van der Waals surface area contributed by atoms with Crippen molar-refractivity contribution in [3.63, 3.8) is 0 Å². The maximum Gasteiger partial charge on any atom is 0.150 e. The van der Waals surface area contributed by atoms with Gasteiger partial charge >= 0.3 is 0 Å². The van der Waals surface area contributed by atoms with Crippen molar-refractivity contribution in [2.45, 2.75) is 26.7 Å². The number of hydrogen-bond acceptors (Lipinski definition) is 4. The number of nitrogens with zero attached hydrogens (tertiary/aromatic N) is 3. The summed E-state index contributed by atoms with van der Waals surface area (Å²) in [6.07, 6.45) is 5.73. The van der Waals surface area contributed by atoms with E-state index >= 15 is 0 Å². The smallest absolute Gasteiger partial charge is 0.150 e. The van der Waals surface area contributed by atoms with Crippen LogP contribution in [0.4, 0.5) is 5.82 Å². The molecule has 1 saturated heterocycles. The lowest BCUT2D eigenvalue weighted by Gasteiger charge is -2.34. The monoisotopic (exact) mass is 282 g/mol. The van der Waals surface area contributed by atoms with Crippen molar-refractivity contribution in [2.75, 3.05) is 31.1 Å². The Kier molecular flexibility index (Phi) is 5.40. The summed E-state index contributed by atoms with van der Waals surface area (Å²) in [4.78, 5) is 10.5. The average Bonchev–Trinajstić information content (AvgIpc) is 2.39. The van der Waals surface area contributed by atoms with Gasteiger partial charge in [0, 0.05) is 13.1 Å². The molecule has 1 aromatic rings. The highest BCUT2D eigenvalue weighted by atomic mass is 35.5. The third-order valence-corrected chi connectivity index (χ3v) is 3.72. The molecule has 1 aliphatic heterocycles. The topological polar surface area (TPSA) is 41.0 Å². The number of piperidine rings is 1. The van der Waals surface area contributed by atoms with Crippen molar-refractivity contribution in [1.29, 1.82) is 0 Å². The summed E-state index contributed by atoms with van der Waals surface area (Å²) >= 11 is 6.17. The van der Waals surface area contributed by atoms with Gasteiger partial charge in [-0.15, -0.1) is 0 Å². The minimum atomic E-state index is 0.651. The third kappa shape index (κ3) is 4.32. The van der Waals surface area contributed by atoms with Crippen LogP contribution in [0.15, 0.2) is 12.5 Å². The molecule has 2 heterocycles. The molecule has 0 amide bonds. The molecule has 1 aromatic heterocycles. The van der Waals surface area contributed by atoms with E-state index in [2.05, 4.69) is 34.0 Å². The van der Waals surface area contributed by atoms with Crippen LogP contribution in [0.5, 0.6) is 0 Å². The van der Waals surface area contributed by atoms with Gasteiger partial charge in [-0.3, -0.25) is 0 Å². The van der Waals surface area contributed by atoms with Crippen molar-refractivity contribution in [3.05, 3.63) is 17.5 Å². The Balaban J connectivity index is 1.88. The number of aromatic nitrogens is 2. The Morgan fingerprint density at radius 3 is 3.11 bits per heavy atom. The first-order valence-corrected chi connectivity index (χ1v) is 7.45. The van der Waals surface area contributed by atoms with E-state index in [1.165, 1.54) is 12.8 Å². The maximum atomic E-state index is 6.17. The standard InChI is InChI=1S/C14H23ClN4/c1-11(2)6-16-7-12-4-3-5-19(9-12)14-13(15)8-17-10-18-14/h8,10-12,16H,3-7,9H2,1-2H3. The lowest BCUT2D eigenvalue weighted by atomic mass is 9.98. The fraction of sp³-hybridized carbons (Fsp3) is 0.714. The molecule has 1 fully saturated rings. The molecular formula is C14H23ClN4. The van der Waals surface area contributed by atoms with E-state index < -0.39 is 0 Å². The normalized spacial score (nSPS) is 20.0. The van der Waals surface area contributed by atoms with E-state index in [1.54, 1.807) is 12.5 Å². The summed E-state index contributed by atoms with van der Waals surface area (Å²) in [6, 6.07) is 0. The number of rotatable bonds is 5. The van der Waals surface area contributed by atoms with Gasteiger partial charge in [-0.2, -0.15) is 0 Å². The molecule has 1 N–H and O–H groups in total. The molecule has 1 unspecified atom stereocenters. The minimum Gasteiger partial charge on any atom is -0.355 e. The molecule has 0 spiro atoms. The first-order chi connectivity index (χ1) is 9.16. The fourth-order valence-electron chi connectivity index (χ4n) is 2.54. The molecule has 4 nitrogen and oxygen atoms in total. The Morgan fingerprint density at radius 2 is 2.37 bits per heavy atom. The van der Waals surface area contributed by atoms with Crippen LogP contribution in [0.1, 0.15) is 26.7 Å².